The Balaban J connectivity index is 1.31. The van der Waals surface area contributed by atoms with Crippen LogP contribution in [0.15, 0.2) is 77.3 Å². The third kappa shape index (κ3) is 3.56. The van der Waals surface area contributed by atoms with Crippen molar-refractivity contribution in [2.24, 2.45) is 5.73 Å². The molecule has 164 valence electrons. The molecule has 0 spiro atoms. The van der Waals surface area contributed by atoms with Gasteiger partial charge >= 0.3 is 0 Å². The lowest BCUT2D eigenvalue weighted by molar-refractivity contribution is 0.0709. The topological polar surface area (TPSA) is 89.7 Å². The molecule has 4 heterocycles. The molecule has 6 rings (SSSR count). The molecule has 0 bridgehead atoms. The summed E-state index contributed by atoms with van der Waals surface area (Å²) in [5.74, 6) is 0.746. The maximum Gasteiger partial charge on any atom is 0.253 e. The maximum absolute atomic E-state index is 12.8. The average Bonchev–Trinajstić information content (AvgIpc) is 3.47. The van der Waals surface area contributed by atoms with E-state index in [1.165, 1.54) is 0 Å². The van der Waals surface area contributed by atoms with Crippen molar-refractivity contribution in [2.45, 2.75) is 18.9 Å². The highest BCUT2D eigenvalue weighted by Gasteiger charge is 2.22. The van der Waals surface area contributed by atoms with Crippen molar-refractivity contribution in [3.63, 3.8) is 0 Å². The minimum atomic E-state index is 0.0295. The van der Waals surface area contributed by atoms with E-state index in [2.05, 4.69) is 4.98 Å². The summed E-state index contributed by atoms with van der Waals surface area (Å²) in [7, 11) is 0. The molecule has 1 aliphatic heterocycles. The van der Waals surface area contributed by atoms with Gasteiger partial charge < -0.3 is 15.1 Å². The second-order valence-corrected chi connectivity index (χ2v) is 8.51. The van der Waals surface area contributed by atoms with Crippen molar-refractivity contribution >= 4 is 22.5 Å². The first-order chi connectivity index (χ1) is 16.2. The number of nitrogens with two attached hydrogens (primary N) is 1. The number of fused-ring (bicyclic) bond motifs is 2. The minimum Gasteiger partial charge on any atom is -0.454 e. The molecule has 1 atom stereocenters. The lowest BCUT2D eigenvalue weighted by atomic mass is 10.0. The molecule has 1 saturated heterocycles. The Bertz CT molecular complexity index is 1430. The Morgan fingerprint density at radius 3 is 2.73 bits per heavy atom. The number of likely N-dealkylation sites (tertiary alicyclic amines) is 1. The summed E-state index contributed by atoms with van der Waals surface area (Å²) in [6, 6.07) is 21.4. The summed E-state index contributed by atoms with van der Waals surface area (Å²) in [5, 5.41) is 5.84. The molecule has 33 heavy (non-hydrogen) atoms. The third-order valence-electron chi connectivity index (χ3n) is 6.21. The molecule has 1 fully saturated rings. The van der Waals surface area contributed by atoms with Gasteiger partial charge in [-0.05, 0) is 49.2 Å². The molecule has 3 aromatic heterocycles. The van der Waals surface area contributed by atoms with Crippen LogP contribution in [0.5, 0.6) is 0 Å². The normalized spacial score (nSPS) is 16.5. The number of furan rings is 1. The number of amides is 1. The molecule has 0 saturated carbocycles. The second kappa shape index (κ2) is 7.86. The number of carbonyl (C=O) groups is 1. The molecule has 1 amide bonds. The monoisotopic (exact) mass is 437 g/mol. The van der Waals surface area contributed by atoms with Gasteiger partial charge in [-0.3, -0.25) is 4.79 Å². The number of hydrogen-bond donors (Lipinski definition) is 1. The van der Waals surface area contributed by atoms with Gasteiger partial charge in [-0.15, -0.1) is 0 Å². The highest BCUT2D eigenvalue weighted by atomic mass is 16.3. The average molecular weight is 438 g/mol. The van der Waals surface area contributed by atoms with E-state index in [0.29, 0.717) is 17.9 Å². The van der Waals surface area contributed by atoms with Crippen LogP contribution in [-0.2, 0) is 0 Å². The van der Waals surface area contributed by atoms with E-state index >= 15 is 0 Å². The summed E-state index contributed by atoms with van der Waals surface area (Å²) >= 11 is 0. The number of nitrogens with zero attached hydrogens (tertiary/aromatic N) is 4. The zero-order chi connectivity index (χ0) is 22.4. The Kier molecular flexibility index (Phi) is 4.69. The van der Waals surface area contributed by atoms with Crippen LogP contribution < -0.4 is 5.73 Å². The molecule has 7 nitrogen and oxygen atoms in total. The molecule has 5 aromatic rings. The van der Waals surface area contributed by atoms with Crippen LogP contribution in [0, 0.1) is 0 Å². The molecule has 2 aromatic carbocycles. The van der Waals surface area contributed by atoms with E-state index in [0.717, 1.165) is 53.0 Å². The maximum atomic E-state index is 12.8. The van der Waals surface area contributed by atoms with E-state index in [1.54, 1.807) is 10.7 Å². The molecule has 0 radical (unpaired) electrons. The van der Waals surface area contributed by atoms with Gasteiger partial charge in [-0.2, -0.15) is 5.10 Å². The SMILES string of the molecule is N[C@H]1CCCN(C(=O)c2ccc(-c3ccc4ncc(-c5cc6ccccc6o5)n4n3)cc2)C1. The van der Waals surface area contributed by atoms with Crippen LogP contribution in [0.1, 0.15) is 23.2 Å². The smallest absolute Gasteiger partial charge is 0.253 e. The summed E-state index contributed by atoms with van der Waals surface area (Å²) in [5.41, 5.74) is 10.8. The number of aromatic nitrogens is 3. The first kappa shape index (κ1) is 19.7. The third-order valence-corrected chi connectivity index (χ3v) is 6.21. The number of imidazole rings is 1. The van der Waals surface area contributed by atoms with Crippen molar-refractivity contribution in [1.29, 1.82) is 0 Å². The van der Waals surface area contributed by atoms with Crippen molar-refractivity contribution in [3.8, 4) is 22.7 Å². The van der Waals surface area contributed by atoms with Gasteiger partial charge in [-0.1, -0.05) is 30.3 Å². The molecular formula is C26H23N5O2. The molecule has 7 heteroatoms. The first-order valence-electron chi connectivity index (χ1n) is 11.1. The Labute approximate surface area is 190 Å². The van der Waals surface area contributed by atoms with Crippen molar-refractivity contribution in [3.05, 3.63) is 78.5 Å². The van der Waals surface area contributed by atoms with Gasteiger partial charge in [-0.25, -0.2) is 9.50 Å². The van der Waals surface area contributed by atoms with Crippen molar-refractivity contribution in [2.75, 3.05) is 13.1 Å². The van der Waals surface area contributed by atoms with E-state index in [-0.39, 0.29) is 11.9 Å². The summed E-state index contributed by atoms with van der Waals surface area (Å²) in [6.45, 7) is 1.38. The largest absolute Gasteiger partial charge is 0.454 e. The summed E-state index contributed by atoms with van der Waals surface area (Å²) in [6.07, 6.45) is 3.70. The van der Waals surface area contributed by atoms with Crippen LogP contribution in [0.4, 0.5) is 0 Å². The number of benzene rings is 2. The fourth-order valence-corrected chi connectivity index (χ4v) is 4.46. The highest BCUT2D eigenvalue weighted by molar-refractivity contribution is 5.94. The highest BCUT2D eigenvalue weighted by Crippen LogP contribution is 2.29. The van der Waals surface area contributed by atoms with Gasteiger partial charge in [0.2, 0.25) is 0 Å². The van der Waals surface area contributed by atoms with Crippen LogP contribution in [0.3, 0.4) is 0 Å². The van der Waals surface area contributed by atoms with E-state index in [9.17, 15) is 4.79 Å². The van der Waals surface area contributed by atoms with Crippen molar-refractivity contribution in [1.82, 2.24) is 19.5 Å². The van der Waals surface area contributed by atoms with E-state index in [1.807, 2.05) is 71.6 Å². The number of carbonyl (C=O) groups excluding carboxylic acids is 1. The second-order valence-electron chi connectivity index (χ2n) is 8.51. The van der Waals surface area contributed by atoms with Crippen LogP contribution in [0.25, 0.3) is 39.3 Å². The fourth-order valence-electron chi connectivity index (χ4n) is 4.46. The van der Waals surface area contributed by atoms with Gasteiger partial charge in [0.15, 0.2) is 11.4 Å². The minimum absolute atomic E-state index is 0.0295. The zero-order valence-corrected chi connectivity index (χ0v) is 18.0. The van der Waals surface area contributed by atoms with E-state index < -0.39 is 0 Å². The predicted octanol–water partition coefficient (Wildman–Crippen LogP) is 4.37. The summed E-state index contributed by atoms with van der Waals surface area (Å²) in [4.78, 5) is 19.2. The Morgan fingerprint density at radius 1 is 1.06 bits per heavy atom. The van der Waals surface area contributed by atoms with Crippen LogP contribution in [-0.4, -0.2) is 44.5 Å². The first-order valence-corrected chi connectivity index (χ1v) is 11.1. The van der Waals surface area contributed by atoms with Gasteiger partial charge in [0.1, 0.15) is 11.3 Å². The lowest BCUT2D eigenvalue weighted by Gasteiger charge is -2.30. The van der Waals surface area contributed by atoms with E-state index in [4.69, 9.17) is 15.2 Å². The molecule has 0 aliphatic carbocycles. The van der Waals surface area contributed by atoms with Crippen molar-refractivity contribution < 1.29 is 9.21 Å². The van der Waals surface area contributed by atoms with Gasteiger partial charge in [0, 0.05) is 35.6 Å². The predicted molar refractivity (Wildman–Crippen MR) is 127 cm³/mol. The lowest BCUT2D eigenvalue weighted by Crippen LogP contribution is -2.45. The molecule has 1 aliphatic rings. The quantitative estimate of drug-likeness (QED) is 0.453. The number of rotatable bonds is 3. The van der Waals surface area contributed by atoms with Crippen LogP contribution >= 0.6 is 0 Å². The van der Waals surface area contributed by atoms with Crippen LogP contribution in [0.2, 0.25) is 0 Å². The number of para-hydroxylation sites is 1. The molecule has 2 N–H and O–H groups in total. The summed E-state index contributed by atoms with van der Waals surface area (Å²) < 4.78 is 7.81. The molecule has 0 unspecified atom stereocenters. The number of hydrogen-bond acceptors (Lipinski definition) is 5. The fraction of sp³-hybridized carbons (Fsp3) is 0.192. The Morgan fingerprint density at radius 2 is 1.91 bits per heavy atom. The standard InChI is InChI=1S/C26H23N5O2/c27-20-5-3-13-30(16-20)26(32)18-9-7-17(8-10-18)21-11-12-25-28-15-22(31(25)29-21)24-14-19-4-1-2-6-23(19)33-24/h1-2,4,6-12,14-15,20H,3,5,13,16,27H2/t20-/m0/s1. The Hall–Kier alpha value is -3.97. The van der Waals surface area contributed by atoms with Gasteiger partial charge in [0.05, 0.1) is 11.9 Å². The zero-order valence-electron chi connectivity index (χ0n) is 18.0. The molecular weight excluding hydrogens is 414 g/mol. The number of piperidine rings is 1. The van der Waals surface area contributed by atoms with Gasteiger partial charge in [0.25, 0.3) is 5.91 Å².